The molecule has 5 nitrogen and oxygen atoms in total. The number of hydrogen-bond donors (Lipinski definition) is 1. The molecule has 0 aromatic heterocycles. The highest BCUT2D eigenvalue weighted by Crippen LogP contribution is 2.24. The first-order valence-electron chi connectivity index (χ1n) is 7.58. The highest BCUT2D eigenvalue weighted by atomic mass is 35.5. The number of anilines is 1. The van der Waals surface area contributed by atoms with E-state index >= 15 is 0 Å². The molecule has 0 bridgehead atoms. The molecule has 0 spiro atoms. The molecule has 0 radical (unpaired) electrons. The van der Waals surface area contributed by atoms with Gasteiger partial charge in [-0.3, -0.25) is 4.79 Å². The van der Waals surface area contributed by atoms with Gasteiger partial charge in [-0.25, -0.2) is 17.2 Å². The van der Waals surface area contributed by atoms with Crippen molar-refractivity contribution < 1.29 is 22.0 Å². The van der Waals surface area contributed by atoms with Gasteiger partial charge in [-0.05, 0) is 44.2 Å². The number of sulfonamides is 1. The molecule has 0 saturated heterocycles. The van der Waals surface area contributed by atoms with E-state index in [1.807, 2.05) is 0 Å². The van der Waals surface area contributed by atoms with Crippen molar-refractivity contribution in [3.05, 3.63) is 58.6 Å². The van der Waals surface area contributed by atoms with Crippen LogP contribution in [0.1, 0.15) is 24.2 Å². The molecule has 2 aromatic rings. The Hall–Kier alpha value is -2.03. The first-order chi connectivity index (χ1) is 12.0. The Labute approximate surface area is 155 Å². The van der Waals surface area contributed by atoms with Crippen LogP contribution in [0.3, 0.4) is 0 Å². The maximum atomic E-state index is 13.3. The molecule has 0 fully saturated rings. The zero-order valence-electron chi connectivity index (χ0n) is 14.3. The fourth-order valence-corrected chi connectivity index (χ4v) is 3.65. The fourth-order valence-electron chi connectivity index (χ4n) is 2.05. The van der Waals surface area contributed by atoms with Crippen LogP contribution in [0.15, 0.2) is 41.3 Å². The smallest absolute Gasteiger partial charge is 0.257 e. The van der Waals surface area contributed by atoms with Crippen LogP contribution in [-0.2, 0) is 10.0 Å². The summed E-state index contributed by atoms with van der Waals surface area (Å²) in [6.07, 6.45) is 0. The van der Waals surface area contributed by atoms with Gasteiger partial charge in [0.25, 0.3) is 5.91 Å². The lowest BCUT2D eigenvalue weighted by atomic mass is 10.2. The monoisotopic (exact) mass is 402 g/mol. The summed E-state index contributed by atoms with van der Waals surface area (Å²) < 4.78 is 52.5. The Balaban J connectivity index is 2.37. The summed E-state index contributed by atoms with van der Waals surface area (Å²) in [5.41, 5.74) is -0.0906. The Kier molecular flexibility index (Phi) is 6.00. The summed E-state index contributed by atoms with van der Waals surface area (Å²) in [5.74, 6) is -2.92. The van der Waals surface area contributed by atoms with E-state index in [2.05, 4.69) is 5.32 Å². The molecule has 1 amide bonds. The van der Waals surface area contributed by atoms with Gasteiger partial charge in [-0.1, -0.05) is 11.6 Å². The van der Waals surface area contributed by atoms with Crippen LogP contribution in [0.5, 0.6) is 0 Å². The molecule has 0 heterocycles. The van der Waals surface area contributed by atoms with Crippen molar-refractivity contribution in [1.29, 1.82) is 0 Å². The number of carbonyl (C=O) groups excluding carboxylic acids is 1. The number of nitrogens with zero attached hydrogens (tertiary/aromatic N) is 1. The number of halogens is 3. The van der Waals surface area contributed by atoms with Gasteiger partial charge in [0.2, 0.25) is 10.0 Å². The van der Waals surface area contributed by atoms with Crippen LogP contribution in [0.4, 0.5) is 14.5 Å². The lowest BCUT2D eigenvalue weighted by molar-refractivity contribution is 0.102. The van der Waals surface area contributed by atoms with Crippen molar-refractivity contribution in [1.82, 2.24) is 4.31 Å². The van der Waals surface area contributed by atoms with Crippen molar-refractivity contribution in [3.8, 4) is 0 Å². The molecule has 140 valence electrons. The molecule has 0 saturated carbocycles. The molecule has 26 heavy (non-hydrogen) atoms. The van der Waals surface area contributed by atoms with Crippen LogP contribution in [0.2, 0.25) is 5.02 Å². The minimum Gasteiger partial charge on any atom is -0.322 e. The fraction of sp³-hybridized carbons (Fsp3) is 0.235. The molecule has 2 rings (SSSR count). The van der Waals surface area contributed by atoms with E-state index < -0.39 is 27.6 Å². The molecule has 9 heteroatoms. The van der Waals surface area contributed by atoms with Crippen LogP contribution >= 0.6 is 11.6 Å². The highest BCUT2D eigenvalue weighted by Gasteiger charge is 2.25. The second kappa shape index (κ2) is 7.69. The summed E-state index contributed by atoms with van der Waals surface area (Å²) in [5, 5.41) is 2.38. The van der Waals surface area contributed by atoms with Crippen LogP contribution in [-0.4, -0.2) is 31.7 Å². The Morgan fingerprint density at radius 1 is 1.12 bits per heavy atom. The second-order valence-electron chi connectivity index (χ2n) is 5.84. The second-order valence-corrected chi connectivity index (χ2v) is 8.24. The van der Waals surface area contributed by atoms with Crippen LogP contribution in [0, 0.1) is 11.6 Å². The summed E-state index contributed by atoms with van der Waals surface area (Å²) in [6.45, 7) is 3.42. The summed E-state index contributed by atoms with van der Waals surface area (Å²) in [6, 6.07) is 6.31. The predicted molar refractivity (Wildman–Crippen MR) is 95.8 cm³/mol. The van der Waals surface area contributed by atoms with Crippen molar-refractivity contribution in [2.75, 3.05) is 12.4 Å². The van der Waals surface area contributed by atoms with E-state index in [4.69, 9.17) is 11.6 Å². The molecule has 1 N–H and O–H groups in total. The normalized spacial score (nSPS) is 11.8. The van der Waals surface area contributed by atoms with Gasteiger partial charge in [-0.15, -0.1) is 0 Å². The Morgan fingerprint density at radius 2 is 1.77 bits per heavy atom. The summed E-state index contributed by atoms with van der Waals surface area (Å²) in [4.78, 5) is 12.3. The van der Waals surface area contributed by atoms with Crippen LogP contribution in [0.25, 0.3) is 0 Å². The average Bonchev–Trinajstić information content (AvgIpc) is 2.57. The quantitative estimate of drug-likeness (QED) is 0.824. The molecule has 2 aromatic carbocycles. The van der Waals surface area contributed by atoms with Crippen molar-refractivity contribution in [2.45, 2.75) is 24.8 Å². The Bertz CT molecular complexity index is 949. The van der Waals surface area contributed by atoms with E-state index in [0.29, 0.717) is 0 Å². The first-order valence-corrected chi connectivity index (χ1v) is 9.40. The van der Waals surface area contributed by atoms with Crippen LogP contribution < -0.4 is 5.32 Å². The highest BCUT2D eigenvalue weighted by molar-refractivity contribution is 7.89. The van der Waals surface area contributed by atoms with Crippen molar-refractivity contribution >= 4 is 33.2 Å². The number of amides is 1. The maximum Gasteiger partial charge on any atom is 0.257 e. The maximum absolute atomic E-state index is 13.3. The number of hydrogen-bond acceptors (Lipinski definition) is 3. The third kappa shape index (κ3) is 4.20. The van der Waals surface area contributed by atoms with E-state index in [9.17, 15) is 22.0 Å². The van der Waals surface area contributed by atoms with Gasteiger partial charge in [0, 0.05) is 24.8 Å². The van der Waals surface area contributed by atoms with E-state index in [-0.39, 0.29) is 27.2 Å². The third-order valence-electron chi connectivity index (χ3n) is 3.76. The summed E-state index contributed by atoms with van der Waals surface area (Å²) in [7, 11) is -2.38. The van der Waals surface area contributed by atoms with Gasteiger partial charge in [0.1, 0.15) is 0 Å². The largest absolute Gasteiger partial charge is 0.322 e. The first kappa shape index (κ1) is 20.3. The lowest BCUT2D eigenvalue weighted by Gasteiger charge is -2.21. The van der Waals surface area contributed by atoms with Gasteiger partial charge in [0.05, 0.1) is 15.5 Å². The van der Waals surface area contributed by atoms with Gasteiger partial charge >= 0.3 is 0 Å². The number of nitrogens with one attached hydrogen (secondary N) is 1. The number of rotatable bonds is 5. The molecule has 0 aliphatic carbocycles. The van der Waals surface area contributed by atoms with Crippen molar-refractivity contribution in [2.24, 2.45) is 0 Å². The number of carbonyl (C=O) groups is 1. The Morgan fingerprint density at radius 3 is 2.35 bits per heavy atom. The molecule has 0 aliphatic heterocycles. The van der Waals surface area contributed by atoms with E-state index in [1.54, 1.807) is 13.8 Å². The molecular weight excluding hydrogens is 386 g/mol. The standard InChI is InChI=1S/C17H17ClF2N2O3S/c1-10(2)22(3)26(24,25)12-5-6-14(18)13(9-12)17(23)21-11-4-7-15(19)16(20)8-11/h4-10H,1-3H3,(H,21,23). The van der Waals surface area contributed by atoms with E-state index in [0.717, 1.165) is 22.5 Å². The average molecular weight is 403 g/mol. The minimum absolute atomic E-state index is 0.0116. The van der Waals surface area contributed by atoms with Gasteiger partial charge < -0.3 is 5.32 Å². The van der Waals surface area contributed by atoms with Gasteiger partial charge in [-0.2, -0.15) is 4.31 Å². The summed E-state index contributed by atoms with van der Waals surface area (Å²) >= 11 is 6.00. The molecule has 0 aliphatic rings. The molecule has 0 unspecified atom stereocenters. The molecule has 0 atom stereocenters. The zero-order valence-corrected chi connectivity index (χ0v) is 15.8. The lowest BCUT2D eigenvalue weighted by Crippen LogP contribution is -2.33. The van der Waals surface area contributed by atoms with Crippen molar-refractivity contribution in [3.63, 3.8) is 0 Å². The third-order valence-corrected chi connectivity index (χ3v) is 6.12. The van der Waals surface area contributed by atoms with E-state index in [1.165, 1.54) is 25.2 Å². The van der Waals surface area contributed by atoms with Gasteiger partial charge in [0.15, 0.2) is 11.6 Å². The SMILES string of the molecule is CC(C)N(C)S(=O)(=O)c1ccc(Cl)c(C(=O)Nc2ccc(F)c(F)c2)c1. The molecular formula is C17H17ClF2N2O3S. The topological polar surface area (TPSA) is 66.5 Å². The minimum atomic E-state index is -3.81. The predicted octanol–water partition coefficient (Wildman–Crippen LogP) is 3.90. The number of benzene rings is 2. The zero-order chi connectivity index (χ0) is 19.6.